The van der Waals surface area contributed by atoms with Gasteiger partial charge in [0.05, 0.1) is 24.2 Å². The van der Waals surface area contributed by atoms with Gasteiger partial charge in [-0.1, -0.05) is 0 Å². The van der Waals surface area contributed by atoms with Crippen LogP contribution in [0.5, 0.6) is 0 Å². The van der Waals surface area contributed by atoms with E-state index in [9.17, 15) is 0 Å². The summed E-state index contributed by atoms with van der Waals surface area (Å²) in [5, 5.41) is 0. The van der Waals surface area contributed by atoms with Crippen LogP contribution in [0.1, 0.15) is 24.4 Å². The average Bonchev–Trinajstić information content (AvgIpc) is 2.85. The summed E-state index contributed by atoms with van der Waals surface area (Å²) < 4.78 is 16.2. The van der Waals surface area contributed by atoms with Gasteiger partial charge in [0.2, 0.25) is 0 Å². The van der Waals surface area contributed by atoms with Gasteiger partial charge in [0.15, 0.2) is 0 Å². The van der Waals surface area contributed by atoms with E-state index in [1.807, 2.05) is 6.07 Å². The third-order valence-corrected chi connectivity index (χ3v) is 3.31. The lowest BCUT2D eigenvalue weighted by atomic mass is 9.83. The molecule has 5 nitrogen and oxygen atoms in total. The van der Waals surface area contributed by atoms with Crippen LogP contribution in [0.2, 0.25) is 0 Å². The summed E-state index contributed by atoms with van der Waals surface area (Å²) in [6, 6.07) is 1.83. The van der Waals surface area contributed by atoms with Gasteiger partial charge in [-0.3, -0.25) is 5.84 Å². The molecule has 0 aromatic carbocycles. The van der Waals surface area contributed by atoms with Crippen molar-refractivity contribution in [2.45, 2.75) is 24.5 Å². The topological polar surface area (TPSA) is 69.7 Å². The minimum atomic E-state index is -0.309. The van der Waals surface area contributed by atoms with Crippen molar-refractivity contribution in [2.75, 3.05) is 20.3 Å². The van der Waals surface area contributed by atoms with Crippen LogP contribution in [-0.4, -0.2) is 25.9 Å². The molecule has 3 N–H and O–H groups in total. The van der Waals surface area contributed by atoms with Gasteiger partial charge in [-0.05, 0) is 6.07 Å². The van der Waals surface area contributed by atoms with Gasteiger partial charge in [0.1, 0.15) is 0 Å². The number of hydrogen-bond acceptors (Lipinski definition) is 5. The van der Waals surface area contributed by atoms with Gasteiger partial charge in [-0.25, -0.2) is 5.43 Å². The number of methoxy groups -OCH3 is 1. The second-order valence-corrected chi connectivity index (χ2v) is 4.04. The third-order valence-electron chi connectivity index (χ3n) is 3.31. The van der Waals surface area contributed by atoms with E-state index in [1.165, 1.54) is 0 Å². The molecule has 2 heterocycles. The zero-order chi connectivity index (χ0) is 11.4. The maximum Gasteiger partial charge on any atom is 0.0952 e. The molecule has 0 radical (unpaired) electrons. The summed E-state index contributed by atoms with van der Waals surface area (Å²) in [6.07, 6.45) is 4.98. The number of nitrogens with one attached hydrogen (secondary N) is 1. The van der Waals surface area contributed by atoms with Crippen LogP contribution < -0.4 is 11.3 Å². The monoisotopic (exact) mass is 226 g/mol. The molecule has 0 saturated carbocycles. The predicted molar refractivity (Wildman–Crippen MR) is 58.6 cm³/mol. The van der Waals surface area contributed by atoms with E-state index in [4.69, 9.17) is 19.7 Å². The number of nitrogens with two attached hydrogens (primary N) is 1. The fourth-order valence-corrected chi connectivity index (χ4v) is 2.32. The summed E-state index contributed by atoms with van der Waals surface area (Å²) in [7, 11) is 1.72. The standard InChI is InChI=1S/C11H18N2O3/c1-14-11(3-6-15-7-4-11)10(13-12)9-2-5-16-8-9/h2,5,8,10,13H,3-4,6-7,12H2,1H3. The highest BCUT2D eigenvalue weighted by Crippen LogP contribution is 2.36. The lowest BCUT2D eigenvalue weighted by molar-refractivity contribution is -0.111. The fraction of sp³-hybridized carbons (Fsp3) is 0.636. The van der Waals surface area contributed by atoms with Crippen LogP contribution in [0.15, 0.2) is 23.0 Å². The van der Waals surface area contributed by atoms with Crippen molar-refractivity contribution < 1.29 is 13.9 Å². The molecule has 2 rings (SSSR count). The highest BCUT2D eigenvalue weighted by molar-refractivity contribution is 5.17. The molecule has 1 aromatic rings. The molecule has 1 unspecified atom stereocenters. The Morgan fingerprint density at radius 2 is 2.25 bits per heavy atom. The first-order chi connectivity index (χ1) is 7.82. The number of ether oxygens (including phenoxy) is 2. The maximum absolute atomic E-state index is 5.69. The Morgan fingerprint density at radius 3 is 2.75 bits per heavy atom. The van der Waals surface area contributed by atoms with E-state index in [2.05, 4.69) is 5.43 Å². The fourth-order valence-electron chi connectivity index (χ4n) is 2.32. The molecule has 0 spiro atoms. The van der Waals surface area contributed by atoms with E-state index >= 15 is 0 Å². The predicted octanol–water partition coefficient (Wildman–Crippen LogP) is 0.980. The largest absolute Gasteiger partial charge is 0.472 e. The van der Waals surface area contributed by atoms with Crippen molar-refractivity contribution in [3.63, 3.8) is 0 Å². The Hall–Kier alpha value is -0.880. The van der Waals surface area contributed by atoms with E-state index < -0.39 is 0 Å². The van der Waals surface area contributed by atoms with Crippen molar-refractivity contribution in [3.8, 4) is 0 Å². The Kier molecular flexibility index (Phi) is 3.60. The highest BCUT2D eigenvalue weighted by atomic mass is 16.5. The summed E-state index contributed by atoms with van der Waals surface area (Å²) in [5.41, 5.74) is 3.52. The molecule has 90 valence electrons. The molecule has 1 aliphatic heterocycles. The number of hydrazine groups is 1. The van der Waals surface area contributed by atoms with E-state index in [-0.39, 0.29) is 11.6 Å². The van der Waals surface area contributed by atoms with Gasteiger partial charge in [0.25, 0.3) is 0 Å². The van der Waals surface area contributed by atoms with Crippen LogP contribution in [0.3, 0.4) is 0 Å². The smallest absolute Gasteiger partial charge is 0.0952 e. The molecule has 1 atom stereocenters. The first kappa shape index (κ1) is 11.6. The molecule has 1 saturated heterocycles. The number of hydrogen-bond donors (Lipinski definition) is 2. The first-order valence-corrected chi connectivity index (χ1v) is 5.43. The van der Waals surface area contributed by atoms with Crippen molar-refractivity contribution >= 4 is 0 Å². The summed E-state index contributed by atoms with van der Waals surface area (Å²) in [4.78, 5) is 0. The quantitative estimate of drug-likeness (QED) is 0.591. The maximum atomic E-state index is 5.69. The molecule has 5 heteroatoms. The zero-order valence-electron chi connectivity index (χ0n) is 9.44. The van der Waals surface area contributed by atoms with E-state index in [0.717, 1.165) is 18.4 Å². The van der Waals surface area contributed by atoms with Crippen LogP contribution in [0, 0.1) is 0 Å². The second-order valence-electron chi connectivity index (χ2n) is 4.04. The first-order valence-electron chi connectivity index (χ1n) is 5.43. The summed E-state index contributed by atoms with van der Waals surface area (Å²) in [6.45, 7) is 1.40. The molecule has 16 heavy (non-hydrogen) atoms. The normalized spacial score (nSPS) is 21.9. The average molecular weight is 226 g/mol. The van der Waals surface area contributed by atoms with Gasteiger partial charge < -0.3 is 13.9 Å². The highest BCUT2D eigenvalue weighted by Gasteiger charge is 2.41. The van der Waals surface area contributed by atoms with Gasteiger partial charge in [0, 0.05) is 38.7 Å². The van der Waals surface area contributed by atoms with E-state index in [0.29, 0.717) is 13.2 Å². The van der Waals surface area contributed by atoms with Crippen LogP contribution in [0.4, 0.5) is 0 Å². The Labute approximate surface area is 94.9 Å². The molecule has 0 amide bonds. The number of rotatable bonds is 4. The van der Waals surface area contributed by atoms with Crippen molar-refractivity contribution in [3.05, 3.63) is 24.2 Å². The second kappa shape index (κ2) is 4.97. The summed E-state index contributed by atoms with van der Waals surface area (Å²) in [5.74, 6) is 5.64. The minimum Gasteiger partial charge on any atom is -0.472 e. The van der Waals surface area contributed by atoms with Gasteiger partial charge in [-0.2, -0.15) is 0 Å². The van der Waals surface area contributed by atoms with Crippen molar-refractivity contribution in [1.29, 1.82) is 0 Å². The van der Waals surface area contributed by atoms with Crippen LogP contribution in [-0.2, 0) is 9.47 Å². The van der Waals surface area contributed by atoms with Crippen molar-refractivity contribution in [1.82, 2.24) is 5.43 Å². The van der Waals surface area contributed by atoms with E-state index in [1.54, 1.807) is 19.6 Å². The molecule has 1 aromatic heterocycles. The minimum absolute atomic E-state index is 0.0693. The molecular weight excluding hydrogens is 208 g/mol. The Balaban J connectivity index is 2.23. The van der Waals surface area contributed by atoms with Crippen molar-refractivity contribution in [2.24, 2.45) is 5.84 Å². The molecule has 0 aliphatic carbocycles. The zero-order valence-corrected chi connectivity index (χ0v) is 9.44. The lowest BCUT2D eigenvalue weighted by Gasteiger charge is -2.41. The molecule has 1 aliphatic rings. The Bertz CT molecular complexity index is 307. The lowest BCUT2D eigenvalue weighted by Crippen LogP contribution is -2.51. The van der Waals surface area contributed by atoms with Gasteiger partial charge in [-0.15, -0.1) is 0 Å². The molecular formula is C11H18N2O3. The third kappa shape index (κ3) is 1.99. The SMILES string of the molecule is COC1(C(NN)c2ccoc2)CCOCC1. The van der Waals surface area contributed by atoms with Gasteiger partial charge >= 0.3 is 0 Å². The molecule has 1 fully saturated rings. The van der Waals surface area contributed by atoms with Crippen LogP contribution >= 0.6 is 0 Å². The number of furan rings is 1. The molecule has 0 bridgehead atoms. The Morgan fingerprint density at radius 1 is 1.50 bits per heavy atom. The van der Waals surface area contributed by atoms with Crippen LogP contribution in [0.25, 0.3) is 0 Å². The summed E-state index contributed by atoms with van der Waals surface area (Å²) >= 11 is 0.